The van der Waals surface area contributed by atoms with Crippen molar-refractivity contribution in [2.75, 3.05) is 6.61 Å². The number of fused-ring (bicyclic) bond motifs is 2. The summed E-state index contributed by atoms with van der Waals surface area (Å²) in [5, 5.41) is 15.7. The van der Waals surface area contributed by atoms with E-state index in [1.165, 1.54) is 6.07 Å². The number of aliphatic carboxylic acids is 1. The van der Waals surface area contributed by atoms with Gasteiger partial charge in [-0.05, 0) is 71.1 Å². The van der Waals surface area contributed by atoms with Gasteiger partial charge in [0.25, 0.3) is 0 Å². The molecule has 1 atom stereocenters. The number of hydrogen-bond donors (Lipinski definition) is 1. The average molecular weight is 610 g/mol. The lowest BCUT2D eigenvalue weighted by molar-refractivity contribution is -0.160. The van der Waals surface area contributed by atoms with Gasteiger partial charge in [-0.1, -0.05) is 68.1 Å². The number of benzene rings is 2. The van der Waals surface area contributed by atoms with Gasteiger partial charge in [-0.3, -0.25) is 0 Å². The van der Waals surface area contributed by atoms with Gasteiger partial charge in [0.15, 0.2) is 23.3 Å². The summed E-state index contributed by atoms with van der Waals surface area (Å²) in [4.78, 5) is 18.0. The summed E-state index contributed by atoms with van der Waals surface area (Å²) in [5.41, 5.74) is 6.19. The smallest absolute Gasteiger partial charge is 0.337 e. The minimum absolute atomic E-state index is 0.251. The Bertz CT molecular complexity index is 1830. The van der Waals surface area contributed by atoms with Gasteiger partial charge in [0, 0.05) is 27.9 Å². The van der Waals surface area contributed by atoms with Crippen molar-refractivity contribution in [3.05, 3.63) is 101 Å². The number of ether oxygens (including phenoxy) is 2. The molecule has 4 aromatic rings. The van der Waals surface area contributed by atoms with Crippen molar-refractivity contribution in [2.24, 2.45) is 0 Å². The Balaban J connectivity index is 2.00. The number of nitrogens with zero attached hydrogens (tertiary/aromatic N) is 3. The molecule has 0 aliphatic carbocycles. The molecule has 3 heterocycles. The zero-order valence-corrected chi connectivity index (χ0v) is 26.8. The number of carboxylic acids is 1. The Labute approximate surface area is 263 Å². The summed E-state index contributed by atoms with van der Waals surface area (Å²) < 4.78 is 29.4. The van der Waals surface area contributed by atoms with Crippen molar-refractivity contribution in [3.8, 4) is 28.3 Å². The second-order valence-corrected chi connectivity index (χ2v) is 12.2. The molecule has 0 radical (unpaired) electrons. The largest absolute Gasteiger partial charge is 0.490 e. The van der Waals surface area contributed by atoms with E-state index < -0.39 is 23.5 Å². The number of hydrogen-bond acceptors (Lipinski definition) is 5. The molecule has 7 nitrogen and oxygen atoms in total. The molecular weight excluding hydrogens is 569 g/mol. The summed E-state index contributed by atoms with van der Waals surface area (Å²) in [5.74, 6) is -1.43. The third-order valence-corrected chi connectivity index (χ3v) is 7.81. The first-order chi connectivity index (χ1) is 21.5. The minimum Gasteiger partial charge on any atom is -0.490 e. The van der Waals surface area contributed by atoms with Crippen LogP contribution in [0.1, 0.15) is 74.6 Å². The molecule has 0 saturated heterocycles. The van der Waals surface area contributed by atoms with Crippen LogP contribution in [0.4, 0.5) is 4.39 Å². The topological polar surface area (TPSA) is 86.0 Å². The van der Waals surface area contributed by atoms with E-state index in [-0.39, 0.29) is 5.75 Å². The maximum atomic E-state index is 15.8. The van der Waals surface area contributed by atoms with Gasteiger partial charge >= 0.3 is 5.97 Å². The molecule has 0 saturated carbocycles. The van der Waals surface area contributed by atoms with E-state index in [0.29, 0.717) is 46.9 Å². The zero-order valence-electron chi connectivity index (χ0n) is 26.8. The quantitative estimate of drug-likeness (QED) is 0.191. The van der Waals surface area contributed by atoms with Crippen LogP contribution in [0.15, 0.2) is 67.3 Å². The molecular formula is C37H40FN3O4. The highest BCUT2D eigenvalue weighted by Crippen LogP contribution is 2.43. The first-order valence-electron chi connectivity index (χ1n) is 15.3. The molecule has 5 rings (SSSR count). The van der Waals surface area contributed by atoms with Crippen LogP contribution >= 0.6 is 0 Å². The SMILES string of the molecule is C=C/C=C\C(=C/CC)c1c(-c2ccccc2)nn2c(-c3cc(F)c4c(c3C)CCCO4)c(C(OC(C)(C)C)C(=O)O)c(C)nc12. The third-order valence-electron chi connectivity index (χ3n) is 7.81. The van der Waals surface area contributed by atoms with Crippen LogP contribution in [0.2, 0.25) is 0 Å². The zero-order chi connectivity index (χ0) is 32.5. The van der Waals surface area contributed by atoms with Crippen LogP contribution in [0.25, 0.3) is 33.7 Å². The molecule has 234 valence electrons. The van der Waals surface area contributed by atoms with Crippen molar-refractivity contribution < 1.29 is 23.8 Å². The highest BCUT2D eigenvalue weighted by molar-refractivity contribution is 5.93. The first kappa shape index (κ1) is 31.9. The number of aryl methyl sites for hydroxylation is 1. The number of halogens is 1. The molecule has 2 aromatic heterocycles. The predicted molar refractivity (Wildman–Crippen MR) is 176 cm³/mol. The maximum Gasteiger partial charge on any atom is 0.337 e. The second-order valence-electron chi connectivity index (χ2n) is 12.2. The molecule has 0 spiro atoms. The van der Waals surface area contributed by atoms with Crippen molar-refractivity contribution in [1.82, 2.24) is 14.6 Å². The van der Waals surface area contributed by atoms with Crippen LogP contribution in [-0.4, -0.2) is 37.9 Å². The molecule has 0 bridgehead atoms. The van der Waals surface area contributed by atoms with E-state index in [9.17, 15) is 9.90 Å². The van der Waals surface area contributed by atoms with Crippen LogP contribution in [0.3, 0.4) is 0 Å². The number of rotatable bonds is 9. The van der Waals surface area contributed by atoms with E-state index in [2.05, 4.69) is 19.6 Å². The van der Waals surface area contributed by atoms with E-state index in [1.54, 1.807) is 38.3 Å². The number of aromatic nitrogens is 3. The summed E-state index contributed by atoms with van der Waals surface area (Å²) >= 11 is 0. The van der Waals surface area contributed by atoms with E-state index >= 15 is 4.39 Å². The third kappa shape index (κ3) is 6.20. The second kappa shape index (κ2) is 12.8. The Morgan fingerprint density at radius 1 is 1.24 bits per heavy atom. The van der Waals surface area contributed by atoms with Crippen molar-refractivity contribution >= 4 is 17.2 Å². The highest BCUT2D eigenvalue weighted by atomic mass is 19.1. The Morgan fingerprint density at radius 2 is 1.98 bits per heavy atom. The molecule has 2 aromatic carbocycles. The molecule has 1 aliphatic heterocycles. The van der Waals surface area contributed by atoms with E-state index in [4.69, 9.17) is 19.6 Å². The van der Waals surface area contributed by atoms with Crippen molar-refractivity contribution in [3.63, 3.8) is 0 Å². The van der Waals surface area contributed by atoms with Gasteiger partial charge in [0.2, 0.25) is 0 Å². The predicted octanol–water partition coefficient (Wildman–Crippen LogP) is 8.62. The van der Waals surface area contributed by atoms with Gasteiger partial charge in [-0.15, -0.1) is 0 Å². The number of allylic oxidation sites excluding steroid dienone is 5. The molecule has 0 amide bonds. The fourth-order valence-corrected chi connectivity index (χ4v) is 5.95. The molecule has 1 aliphatic rings. The molecule has 8 heteroatoms. The van der Waals surface area contributed by atoms with Gasteiger partial charge < -0.3 is 14.6 Å². The van der Waals surface area contributed by atoms with Gasteiger partial charge in [-0.25, -0.2) is 18.7 Å². The standard InChI is InChI=1S/C37H40FN3O4/c1-8-10-16-24(15-9-2)30-31(25-17-12-11-13-18-25)40-41-32(27-21-28(38)33-26(22(27)3)19-14-20-44-33)29(23(4)39-35(30)41)34(36(42)43)45-37(5,6)7/h8,10-13,15-18,21,34H,1,9,14,19-20H2,2-7H3,(H,42,43)/b16-10-,24-15+. The lowest BCUT2D eigenvalue weighted by Gasteiger charge is -2.28. The normalized spacial score (nSPS) is 14.4. The van der Waals surface area contributed by atoms with Gasteiger partial charge in [-0.2, -0.15) is 5.10 Å². The summed E-state index contributed by atoms with van der Waals surface area (Å²) in [6.07, 6.45) is 8.39. The molecule has 1 unspecified atom stereocenters. The van der Waals surface area contributed by atoms with Crippen LogP contribution in [0, 0.1) is 19.7 Å². The minimum atomic E-state index is -1.40. The van der Waals surface area contributed by atoms with Gasteiger partial charge in [0.1, 0.15) is 5.69 Å². The van der Waals surface area contributed by atoms with Crippen LogP contribution in [-0.2, 0) is 16.0 Å². The Kier molecular flexibility index (Phi) is 9.07. The fourth-order valence-electron chi connectivity index (χ4n) is 5.95. The summed E-state index contributed by atoms with van der Waals surface area (Å²) in [7, 11) is 0. The van der Waals surface area contributed by atoms with Crippen LogP contribution < -0.4 is 4.74 Å². The van der Waals surface area contributed by atoms with E-state index in [1.807, 2.05) is 49.4 Å². The fraction of sp³-hybridized carbons (Fsp3) is 0.324. The maximum absolute atomic E-state index is 15.8. The first-order valence-corrected chi connectivity index (χ1v) is 15.3. The molecule has 0 fully saturated rings. The van der Waals surface area contributed by atoms with Gasteiger partial charge in [0.05, 0.1) is 23.5 Å². The number of carboxylic acid groups (broad SMARTS) is 1. The summed E-state index contributed by atoms with van der Waals surface area (Å²) in [6.45, 7) is 15.5. The van der Waals surface area contributed by atoms with Crippen molar-refractivity contribution in [1.29, 1.82) is 0 Å². The number of carbonyl (C=O) groups is 1. The van der Waals surface area contributed by atoms with Crippen molar-refractivity contribution in [2.45, 2.75) is 72.5 Å². The Morgan fingerprint density at radius 3 is 2.62 bits per heavy atom. The average Bonchev–Trinajstić information content (AvgIpc) is 3.38. The van der Waals surface area contributed by atoms with E-state index in [0.717, 1.165) is 40.7 Å². The monoisotopic (exact) mass is 609 g/mol. The lowest BCUT2D eigenvalue weighted by atomic mass is 9.90. The highest BCUT2D eigenvalue weighted by Gasteiger charge is 2.35. The lowest BCUT2D eigenvalue weighted by Crippen LogP contribution is -2.29. The van der Waals surface area contributed by atoms with Crippen LogP contribution in [0.5, 0.6) is 5.75 Å². The molecule has 45 heavy (non-hydrogen) atoms. The molecule has 1 N–H and O–H groups in total. The summed E-state index contributed by atoms with van der Waals surface area (Å²) in [6, 6.07) is 11.2. The Hall–Kier alpha value is -4.56.